The summed E-state index contributed by atoms with van der Waals surface area (Å²) in [5.41, 5.74) is 0.230. The number of carbonyl (C=O) groups excluding carboxylic acids is 2. The molecule has 8 heteroatoms. The van der Waals surface area contributed by atoms with Crippen LogP contribution in [0.2, 0.25) is 0 Å². The molecule has 0 amide bonds. The fraction of sp³-hybridized carbons (Fsp3) is 0.533. The molecular formula is C30H40O8. The number of hydrogen-bond acceptors (Lipinski definition) is 8. The second-order valence-electron chi connectivity index (χ2n) is 11.6. The van der Waals surface area contributed by atoms with Crippen molar-refractivity contribution in [2.24, 2.45) is 10.8 Å². The van der Waals surface area contributed by atoms with Gasteiger partial charge in [0.15, 0.2) is 12.4 Å². The Labute approximate surface area is 225 Å². The summed E-state index contributed by atoms with van der Waals surface area (Å²) in [7, 11) is 0. The lowest BCUT2D eigenvalue weighted by molar-refractivity contribution is -0.310. The molecule has 2 aromatic carbocycles. The Morgan fingerprint density at radius 3 is 1.68 bits per heavy atom. The molecule has 0 saturated carbocycles. The van der Waals surface area contributed by atoms with Crippen LogP contribution in [0.3, 0.4) is 0 Å². The summed E-state index contributed by atoms with van der Waals surface area (Å²) in [6, 6.07) is 19.0. The van der Waals surface area contributed by atoms with Gasteiger partial charge in [0.05, 0.1) is 24.0 Å². The molecule has 0 aliphatic carbocycles. The van der Waals surface area contributed by atoms with E-state index < -0.39 is 53.5 Å². The SMILES string of the molecule is CC(C)(C)C(=O)OCC1OC(O)C(OCc2ccccc2)C(OC(=O)C(C)(C)C)C1OCc1ccccc1. The first kappa shape index (κ1) is 29.8. The van der Waals surface area contributed by atoms with Gasteiger partial charge in [-0.2, -0.15) is 0 Å². The summed E-state index contributed by atoms with van der Waals surface area (Å²) in [4.78, 5) is 25.5. The summed E-state index contributed by atoms with van der Waals surface area (Å²) in [6.07, 6.45) is -5.33. The Morgan fingerprint density at radius 1 is 0.737 bits per heavy atom. The van der Waals surface area contributed by atoms with Crippen molar-refractivity contribution >= 4 is 11.9 Å². The van der Waals surface area contributed by atoms with Crippen LogP contribution >= 0.6 is 0 Å². The van der Waals surface area contributed by atoms with E-state index in [0.717, 1.165) is 11.1 Å². The number of aliphatic hydroxyl groups is 1. The average Bonchev–Trinajstić information content (AvgIpc) is 2.86. The smallest absolute Gasteiger partial charge is 0.311 e. The molecule has 38 heavy (non-hydrogen) atoms. The predicted octanol–water partition coefficient (Wildman–Crippen LogP) is 4.42. The molecule has 5 atom stereocenters. The van der Waals surface area contributed by atoms with E-state index in [4.69, 9.17) is 23.7 Å². The zero-order valence-electron chi connectivity index (χ0n) is 23.1. The van der Waals surface area contributed by atoms with Gasteiger partial charge in [0.25, 0.3) is 0 Å². The first-order valence-corrected chi connectivity index (χ1v) is 12.9. The average molecular weight is 529 g/mol. The molecule has 208 valence electrons. The van der Waals surface area contributed by atoms with Crippen LogP contribution in [0.25, 0.3) is 0 Å². The minimum absolute atomic E-state index is 0.157. The van der Waals surface area contributed by atoms with Crippen LogP contribution < -0.4 is 0 Å². The molecule has 0 bridgehead atoms. The molecule has 0 aromatic heterocycles. The highest BCUT2D eigenvalue weighted by Gasteiger charge is 2.50. The molecule has 1 N–H and O–H groups in total. The van der Waals surface area contributed by atoms with Crippen LogP contribution in [0.1, 0.15) is 52.7 Å². The summed E-state index contributed by atoms with van der Waals surface area (Å²) in [5, 5.41) is 11.0. The topological polar surface area (TPSA) is 101 Å². The van der Waals surface area contributed by atoms with E-state index in [1.54, 1.807) is 41.5 Å². The Kier molecular flexibility index (Phi) is 10.1. The summed E-state index contributed by atoms with van der Waals surface area (Å²) < 4.78 is 29.7. The van der Waals surface area contributed by atoms with Crippen molar-refractivity contribution < 1.29 is 38.4 Å². The zero-order valence-corrected chi connectivity index (χ0v) is 23.1. The van der Waals surface area contributed by atoms with Crippen molar-refractivity contribution in [1.29, 1.82) is 0 Å². The molecule has 3 rings (SSSR count). The van der Waals surface area contributed by atoms with Gasteiger partial charge in [0.1, 0.15) is 24.9 Å². The van der Waals surface area contributed by atoms with Crippen molar-refractivity contribution in [1.82, 2.24) is 0 Å². The van der Waals surface area contributed by atoms with Crippen molar-refractivity contribution in [3.63, 3.8) is 0 Å². The van der Waals surface area contributed by atoms with E-state index in [2.05, 4.69) is 0 Å². The fourth-order valence-electron chi connectivity index (χ4n) is 3.75. The predicted molar refractivity (Wildman–Crippen MR) is 141 cm³/mol. The van der Waals surface area contributed by atoms with E-state index in [9.17, 15) is 14.7 Å². The Hall–Kier alpha value is -2.78. The Balaban J connectivity index is 1.90. The van der Waals surface area contributed by atoms with E-state index in [1.165, 1.54) is 0 Å². The summed E-state index contributed by atoms with van der Waals surface area (Å²) in [5.74, 6) is -0.910. The molecule has 1 aliphatic heterocycles. The highest BCUT2D eigenvalue weighted by molar-refractivity contribution is 5.76. The zero-order chi connectivity index (χ0) is 27.9. The Bertz CT molecular complexity index is 1030. The first-order chi connectivity index (χ1) is 17.9. The molecule has 1 aliphatic rings. The molecule has 1 heterocycles. The van der Waals surface area contributed by atoms with Gasteiger partial charge in [-0.25, -0.2) is 0 Å². The second-order valence-corrected chi connectivity index (χ2v) is 11.6. The van der Waals surface area contributed by atoms with Crippen LogP contribution in [0.15, 0.2) is 60.7 Å². The van der Waals surface area contributed by atoms with E-state index in [1.807, 2.05) is 60.7 Å². The van der Waals surface area contributed by atoms with Crippen LogP contribution in [0, 0.1) is 10.8 Å². The molecular weight excluding hydrogens is 488 g/mol. The number of benzene rings is 2. The number of ether oxygens (including phenoxy) is 5. The normalized spacial score (nSPS) is 24.0. The van der Waals surface area contributed by atoms with Gasteiger partial charge < -0.3 is 28.8 Å². The second kappa shape index (κ2) is 12.8. The molecule has 8 nitrogen and oxygen atoms in total. The van der Waals surface area contributed by atoms with E-state index in [-0.39, 0.29) is 19.8 Å². The quantitative estimate of drug-likeness (QED) is 0.478. The van der Waals surface area contributed by atoms with Crippen molar-refractivity contribution in [3.8, 4) is 0 Å². The molecule has 2 aromatic rings. The van der Waals surface area contributed by atoms with Crippen molar-refractivity contribution in [2.45, 2.75) is 85.5 Å². The lowest BCUT2D eigenvalue weighted by Crippen LogP contribution is -2.62. The van der Waals surface area contributed by atoms with Gasteiger partial charge in [-0.05, 0) is 52.7 Å². The maximum absolute atomic E-state index is 13.0. The van der Waals surface area contributed by atoms with Crippen molar-refractivity contribution in [2.75, 3.05) is 6.61 Å². The van der Waals surface area contributed by atoms with Gasteiger partial charge >= 0.3 is 11.9 Å². The minimum Gasteiger partial charge on any atom is -0.462 e. The largest absolute Gasteiger partial charge is 0.462 e. The third-order valence-corrected chi connectivity index (χ3v) is 6.03. The molecule has 0 radical (unpaired) electrons. The number of esters is 2. The van der Waals surface area contributed by atoms with E-state index >= 15 is 0 Å². The molecule has 1 fully saturated rings. The van der Waals surface area contributed by atoms with Crippen LogP contribution in [0.5, 0.6) is 0 Å². The van der Waals surface area contributed by atoms with E-state index in [0.29, 0.717) is 0 Å². The molecule has 1 saturated heterocycles. The molecule has 5 unspecified atom stereocenters. The third kappa shape index (κ3) is 8.36. The maximum atomic E-state index is 13.0. The number of aliphatic hydroxyl groups excluding tert-OH is 1. The van der Waals surface area contributed by atoms with Crippen LogP contribution in [0.4, 0.5) is 0 Å². The maximum Gasteiger partial charge on any atom is 0.311 e. The number of rotatable bonds is 9. The van der Waals surface area contributed by atoms with Gasteiger partial charge in [-0.1, -0.05) is 60.7 Å². The lowest BCUT2D eigenvalue weighted by atomic mass is 9.94. The minimum atomic E-state index is -1.45. The lowest BCUT2D eigenvalue weighted by Gasteiger charge is -2.44. The third-order valence-electron chi connectivity index (χ3n) is 6.03. The van der Waals surface area contributed by atoms with Crippen molar-refractivity contribution in [3.05, 3.63) is 71.8 Å². The highest BCUT2D eigenvalue weighted by Crippen LogP contribution is 2.31. The van der Waals surface area contributed by atoms with Crippen LogP contribution in [-0.4, -0.2) is 54.4 Å². The summed E-state index contributed by atoms with van der Waals surface area (Å²) >= 11 is 0. The summed E-state index contributed by atoms with van der Waals surface area (Å²) in [6.45, 7) is 10.6. The monoisotopic (exact) mass is 528 g/mol. The standard InChI is InChI=1S/C30H40O8/c1-29(2,3)27(32)36-19-22-23(34-17-20-13-9-7-10-14-20)24(38-28(33)30(4,5)6)25(26(31)37-22)35-18-21-15-11-8-12-16-21/h7-16,22-26,31H,17-19H2,1-6H3. The first-order valence-electron chi connectivity index (χ1n) is 12.9. The number of carbonyl (C=O) groups is 2. The van der Waals surface area contributed by atoms with Gasteiger partial charge in [-0.15, -0.1) is 0 Å². The van der Waals surface area contributed by atoms with Gasteiger partial charge in [0, 0.05) is 0 Å². The van der Waals surface area contributed by atoms with Gasteiger partial charge in [0.2, 0.25) is 0 Å². The Morgan fingerprint density at radius 2 is 1.21 bits per heavy atom. The van der Waals surface area contributed by atoms with Crippen LogP contribution in [-0.2, 0) is 46.5 Å². The fourth-order valence-corrected chi connectivity index (χ4v) is 3.75. The number of hydrogen-bond donors (Lipinski definition) is 1. The van der Waals surface area contributed by atoms with Gasteiger partial charge in [-0.3, -0.25) is 9.59 Å². The highest BCUT2D eigenvalue weighted by atomic mass is 16.7. The molecule has 0 spiro atoms.